The molecule has 1 aromatic rings. The molecule has 1 N–H and O–H groups in total. The number of likely N-dealkylation sites (N-methyl/N-ethyl adjacent to an activating group) is 1. The highest BCUT2D eigenvalue weighted by atomic mass is 16.5. The fraction of sp³-hybridized carbons (Fsp3) is 0.588. The molecular formula is C17H27NO3. The fourth-order valence-electron chi connectivity index (χ4n) is 2.13. The zero-order chi connectivity index (χ0) is 16.0. The van der Waals surface area contributed by atoms with Gasteiger partial charge in [-0.25, -0.2) is 0 Å². The lowest BCUT2D eigenvalue weighted by molar-refractivity contribution is -0.143. The van der Waals surface area contributed by atoms with Crippen LogP contribution in [0.2, 0.25) is 0 Å². The predicted octanol–water partition coefficient (Wildman–Crippen LogP) is 2.82. The highest BCUT2D eigenvalue weighted by Crippen LogP contribution is 2.32. The van der Waals surface area contributed by atoms with Gasteiger partial charge in [0.1, 0.15) is 18.4 Å². The molecule has 0 spiro atoms. The van der Waals surface area contributed by atoms with E-state index in [1.54, 1.807) is 0 Å². The Morgan fingerprint density at radius 3 is 2.52 bits per heavy atom. The van der Waals surface area contributed by atoms with Crippen molar-refractivity contribution in [2.24, 2.45) is 0 Å². The Balaban J connectivity index is 2.90. The van der Waals surface area contributed by atoms with Gasteiger partial charge in [0.15, 0.2) is 0 Å². The van der Waals surface area contributed by atoms with E-state index in [-0.39, 0.29) is 18.0 Å². The zero-order valence-electron chi connectivity index (χ0n) is 13.9. The van der Waals surface area contributed by atoms with Gasteiger partial charge in [-0.15, -0.1) is 0 Å². The molecule has 0 aliphatic rings. The zero-order valence-corrected chi connectivity index (χ0v) is 13.9. The minimum atomic E-state index is -0.450. The van der Waals surface area contributed by atoms with Crippen molar-refractivity contribution in [2.45, 2.75) is 46.1 Å². The van der Waals surface area contributed by atoms with E-state index in [1.165, 1.54) is 12.7 Å². The lowest BCUT2D eigenvalue weighted by atomic mass is 9.85. The van der Waals surface area contributed by atoms with Gasteiger partial charge in [-0.05, 0) is 30.5 Å². The second-order valence-electron chi connectivity index (χ2n) is 6.19. The van der Waals surface area contributed by atoms with Crippen molar-refractivity contribution in [3.05, 3.63) is 29.3 Å². The van der Waals surface area contributed by atoms with Gasteiger partial charge < -0.3 is 14.8 Å². The second kappa shape index (κ2) is 7.46. The molecule has 0 fully saturated rings. The number of hydrogen-bond acceptors (Lipinski definition) is 4. The maximum atomic E-state index is 11.7. The van der Waals surface area contributed by atoms with Crippen LogP contribution in [0.25, 0.3) is 0 Å². The summed E-state index contributed by atoms with van der Waals surface area (Å²) in [6.07, 6.45) is 0. The molecule has 0 aromatic heterocycles. The summed E-state index contributed by atoms with van der Waals surface area (Å²) >= 11 is 0. The van der Waals surface area contributed by atoms with E-state index in [4.69, 9.17) is 9.47 Å². The highest BCUT2D eigenvalue weighted by molar-refractivity contribution is 5.75. The van der Waals surface area contributed by atoms with Gasteiger partial charge >= 0.3 is 5.97 Å². The first-order chi connectivity index (χ1) is 9.79. The Kier molecular flexibility index (Phi) is 6.21. The van der Waals surface area contributed by atoms with Crippen molar-refractivity contribution in [1.82, 2.24) is 5.32 Å². The average Bonchev–Trinajstić information content (AvgIpc) is 2.42. The third-order valence-corrected chi connectivity index (χ3v) is 3.28. The molecule has 0 aliphatic heterocycles. The number of methoxy groups -OCH3 is 1. The SMILES string of the molecule is CCNC(COc1ccc(C)cc1C(C)(C)C)C(=O)OC. The highest BCUT2D eigenvalue weighted by Gasteiger charge is 2.22. The van der Waals surface area contributed by atoms with Crippen LogP contribution in [0.5, 0.6) is 5.75 Å². The molecule has 118 valence electrons. The first kappa shape index (κ1) is 17.5. The standard InChI is InChI=1S/C17H27NO3/c1-7-18-14(16(19)20-6)11-21-15-9-8-12(2)10-13(15)17(3,4)5/h8-10,14,18H,7,11H2,1-6H3. The number of esters is 1. The molecule has 0 radical (unpaired) electrons. The fourth-order valence-corrected chi connectivity index (χ4v) is 2.13. The van der Waals surface area contributed by atoms with Gasteiger partial charge in [0.2, 0.25) is 0 Å². The normalized spacial score (nSPS) is 12.9. The summed E-state index contributed by atoms with van der Waals surface area (Å²) in [6.45, 7) is 11.4. The number of carbonyl (C=O) groups is 1. The Labute approximate surface area is 127 Å². The maximum Gasteiger partial charge on any atom is 0.326 e. The lowest BCUT2D eigenvalue weighted by Gasteiger charge is -2.24. The van der Waals surface area contributed by atoms with Gasteiger partial charge in [-0.2, -0.15) is 0 Å². The molecule has 0 heterocycles. The van der Waals surface area contributed by atoms with Gasteiger partial charge in [-0.3, -0.25) is 4.79 Å². The number of aryl methyl sites for hydroxylation is 1. The summed E-state index contributed by atoms with van der Waals surface area (Å²) in [5, 5.41) is 3.07. The Hall–Kier alpha value is -1.55. The van der Waals surface area contributed by atoms with Crippen LogP contribution in [-0.4, -0.2) is 32.3 Å². The van der Waals surface area contributed by atoms with E-state index < -0.39 is 6.04 Å². The van der Waals surface area contributed by atoms with Crippen LogP contribution in [-0.2, 0) is 14.9 Å². The van der Waals surface area contributed by atoms with Crippen LogP contribution < -0.4 is 10.1 Å². The Bertz CT molecular complexity index is 477. The van der Waals surface area contributed by atoms with Gasteiger partial charge in [-0.1, -0.05) is 45.4 Å². The van der Waals surface area contributed by atoms with Gasteiger partial charge in [0.05, 0.1) is 7.11 Å². The van der Waals surface area contributed by atoms with Crippen molar-refractivity contribution in [1.29, 1.82) is 0 Å². The summed E-state index contributed by atoms with van der Waals surface area (Å²) in [7, 11) is 1.39. The number of rotatable bonds is 6. The number of benzene rings is 1. The van der Waals surface area contributed by atoms with Gasteiger partial charge in [0.25, 0.3) is 0 Å². The molecule has 0 saturated carbocycles. The lowest BCUT2D eigenvalue weighted by Crippen LogP contribution is -2.42. The quantitative estimate of drug-likeness (QED) is 0.819. The van der Waals surface area contributed by atoms with E-state index in [0.717, 1.165) is 11.3 Å². The summed E-state index contributed by atoms with van der Waals surface area (Å²) in [6, 6.07) is 5.67. The Morgan fingerprint density at radius 1 is 1.33 bits per heavy atom. The van der Waals surface area contributed by atoms with E-state index >= 15 is 0 Å². The molecule has 1 unspecified atom stereocenters. The molecule has 1 rings (SSSR count). The summed E-state index contributed by atoms with van der Waals surface area (Å²) in [5.41, 5.74) is 2.33. The molecule has 4 nitrogen and oxygen atoms in total. The van der Waals surface area contributed by atoms with Crippen molar-refractivity contribution in [3.63, 3.8) is 0 Å². The van der Waals surface area contributed by atoms with Crippen molar-refractivity contribution in [2.75, 3.05) is 20.3 Å². The van der Waals surface area contributed by atoms with Crippen LogP contribution in [0.1, 0.15) is 38.8 Å². The molecule has 0 aliphatic carbocycles. The van der Waals surface area contributed by atoms with Crippen LogP contribution >= 0.6 is 0 Å². The third kappa shape index (κ3) is 5.05. The molecule has 0 bridgehead atoms. The molecule has 0 amide bonds. The average molecular weight is 293 g/mol. The monoisotopic (exact) mass is 293 g/mol. The molecule has 1 atom stereocenters. The predicted molar refractivity (Wildman–Crippen MR) is 84.9 cm³/mol. The van der Waals surface area contributed by atoms with Crippen molar-refractivity contribution >= 4 is 5.97 Å². The molecule has 0 saturated heterocycles. The maximum absolute atomic E-state index is 11.7. The molecule has 1 aromatic carbocycles. The smallest absolute Gasteiger partial charge is 0.326 e. The minimum Gasteiger partial charge on any atom is -0.491 e. The van der Waals surface area contributed by atoms with Crippen molar-refractivity contribution < 1.29 is 14.3 Å². The number of carbonyl (C=O) groups excluding carboxylic acids is 1. The first-order valence-electron chi connectivity index (χ1n) is 7.34. The summed E-state index contributed by atoms with van der Waals surface area (Å²) < 4.78 is 10.7. The van der Waals surface area contributed by atoms with E-state index in [9.17, 15) is 4.79 Å². The van der Waals surface area contributed by atoms with E-state index in [1.807, 2.05) is 19.1 Å². The number of nitrogens with one attached hydrogen (secondary N) is 1. The summed E-state index contributed by atoms with van der Waals surface area (Å²) in [5.74, 6) is 0.515. The van der Waals surface area contributed by atoms with E-state index in [2.05, 4.69) is 39.1 Å². The Morgan fingerprint density at radius 2 is 2.00 bits per heavy atom. The second-order valence-corrected chi connectivity index (χ2v) is 6.19. The van der Waals surface area contributed by atoms with Crippen molar-refractivity contribution in [3.8, 4) is 5.75 Å². The van der Waals surface area contributed by atoms with Crippen LogP contribution in [0.4, 0.5) is 0 Å². The minimum absolute atomic E-state index is 0.0136. The molecule has 4 heteroatoms. The summed E-state index contributed by atoms with van der Waals surface area (Å²) in [4.78, 5) is 11.7. The van der Waals surface area contributed by atoms with E-state index in [0.29, 0.717) is 6.54 Å². The van der Waals surface area contributed by atoms with Crippen LogP contribution in [0.3, 0.4) is 0 Å². The van der Waals surface area contributed by atoms with Crippen LogP contribution in [0.15, 0.2) is 18.2 Å². The largest absolute Gasteiger partial charge is 0.491 e. The molecular weight excluding hydrogens is 266 g/mol. The topological polar surface area (TPSA) is 47.6 Å². The first-order valence-corrected chi connectivity index (χ1v) is 7.34. The third-order valence-electron chi connectivity index (χ3n) is 3.28. The number of ether oxygens (including phenoxy) is 2. The van der Waals surface area contributed by atoms with Gasteiger partial charge in [0, 0.05) is 0 Å². The molecule has 21 heavy (non-hydrogen) atoms. The van der Waals surface area contributed by atoms with Crippen LogP contribution in [0, 0.1) is 6.92 Å². The number of hydrogen-bond donors (Lipinski definition) is 1.